The molecule has 508 valence electrons. The van der Waals surface area contributed by atoms with Crippen molar-refractivity contribution in [1.82, 2.24) is 5.32 Å². The van der Waals surface area contributed by atoms with Crippen molar-refractivity contribution in [2.75, 3.05) is 13.2 Å². The van der Waals surface area contributed by atoms with Gasteiger partial charge in [-0.1, -0.05) is 397 Å². The van der Waals surface area contributed by atoms with Crippen LogP contribution in [0.25, 0.3) is 0 Å². The van der Waals surface area contributed by atoms with E-state index in [4.69, 9.17) is 4.74 Å². The van der Waals surface area contributed by atoms with Crippen LogP contribution < -0.4 is 5.32 Å². The fourth-order valence-corrected chi connectivity index (χ4v) is 12.4. The number of aliphatic hydroxyl groups is 2. The minimum atomic E-state index is -0.847. The molecule has 0 aliphatic heterocycles. The first-order valence-electron chi connectivity index (χ1n) is 39.3. The second kappa shape index (κ2) is 75.5. The van der Waals surface area contributed by atoms with Gasteiger partial charge in [-0.2, -0.15) is 0 Å². The highest BCUT2D eigenvalue weighted by molar-refractivity contribution is 5.76. The summed E-state index contributed by atoms with van der Waals surface area (Å²) in [4.78, 5) is 24.6. The lowest BCUT2D eigenvalue weighted by Crippen LogP contribution is -2.45. The van der Waals surface area contributed by atoms with Crippen molar-refractivity contribution in [1.29, 1.82) is 0 Å². The van der Waals surface area contributed by atoms with Gasteiger partial charge in [0.2, 0.25) is 5.91 Å². The number of allylic oxidation sites excluding steroid dienone is 5. The Morgan fingerprint density at radius 2 is 0.581 bits per heavy atom. The van der Waals surface area contributed by atoms with E-state index in [1.54, 1.807) is 6.08 Å². The quantitative estimate of drug-likeness (QED) is 0.0320. The molecule has 0 saturated carbocycles. The van der Waals surface area contributed by atoms with Gasteiger partial charge in [0.05, 0.1) is 25.4 Å². The highest BCUT2D eigenvalue weighted by Crippen LogP contribution is 2.19. The van der Waals surface area contributed by atoms with Crippen LogP contribution in [0.4, 0.5) is 0 Å². The molecular formula is C80H153NO5. The first-order valence-corrected chi connectivity index (χ1v) is 39.3. The molecular weight excluding hydrogens is 1050 g/mol. The standard InChI is InChI=1S/C80H153NO5/c1-3-5-7-9-11-13-15-17-19-21-22-23-24-32-35-38-41-44-48-52-56-60-64-68-72-78(83)77(76-82)81-79(84)73-69-65-61-57-53-49-45-42-39-36-33-30-28-26-25-27-29-31-34-37-40-43-47-51-55-59-63-67-71-75-86-80(85)74-70-66-62-58-54-50-46-20-18-16-14-12-10-8-6-4-2/h25,27,31,34,68,72,77-78,82-83H,3-24,26,28-30,32-33,35-67,69-71,73-76H2,1-2H3,(H,81,84)/b27-25-,34-31-,72-68+. The number of unbranched alkanes of at least 4 members (excludes halogenated alkanes) is 59. The molecule has 86 heavy (non-hydrogen) atoms. The molecule has 0 bridgehead atoms. The third-order valence-electron chi connectivity index (χ3n) is 18.4. The summed E-state index contributed by atoms with van der Waals surface area (Å²) in [6.45, 7) is 4.95. The zero-order chi connectivity index (χ0) is 62.0. The first kappa shape index (κ1) is 84.1. The molecule has 0 fully saturated rings. The Kier molecular flexibility index (Phi) is 73.9. The number of hydrogen-bond donors (Lipinski definition) is 3. The van der Waals surface area contributed by atoms with Gasteiger partial charge in [0.25, 0.3) is 0 Å². The summed E-state index contributed by atoms with van der Waals surface area (Å²) in [6, 6.07) is -0.631. The van der Waals surface area contributed by atoms with Crippen LogP contribution in [0.3, 0.4) is 0 Å². The summed E-state index contributed by atoms with van der Waals surface area (Å²) >= 11 is 0. The number of rotatable bonds is 74. The number of hydrogen-bond acceptors (Lipinski definition) is 5. The van der Waals surface area contributed by atoms with E-state index in [1.807, 2.05) is 6.08 Å². The van der Waals surface area contributed by atoms with Crippen LogP contribution >= 0.6 is 0 Å². The van der Waals surface area contributed by atoms with Gasteiger partial charge in [-0.15, -0.1) is 0 Å². The third-order valence-corrected chi connectivity index (χ3v) is 18.4. The highest BCUT2D eigenvalue weighted by atomic mass is 16.5. The van der Waals surface area contributed by atoms with Gasteiger partial charge < -0.3 is 20.3 Å². The number of ether oxygens (including phenoxy) is 1. The Balaban J connectivity index is 3.42. The fraction of sp³-hybridized carbons (Fsp3) is 0.900. The summed E-state index contributed by atoms with van der Waals surface area (Å²) < 4.78 is 5.50. The number of aliphatic hydroxyl groups excluding tert-OH is 2. The molecule has 2 atom stereocenters. The lowest BCUT2D eigenvalue weighted by Gasteiger charge is -2.20. The normalized spacial score (nSPS) is 12.7. The average Bonchev–Trinajstić information content (AvgIpc) is 3.58. The predicted molar refractivity (Wildman–Crippen MR) is 379 cm³/mol. The summed E-state index contributed by atoms with van der Waals surface area (Å²) in [5.74, 6) is -0.0483. The zero-order valence-electron chi connectivity index (χ0n) is 58.3. The molecule has 0 heterocycles. The molecule has 0 spiro atoms. The van der Waals surface area contributed by atoms with E-state index in [1.165, 1.54) is 366 Å². The van der Waals surface area contributed by atoms with Crippen molar-refractivity contribution >= 4 is 11.9 Å². The van der Waals surface area contributed by atoms with Crippen LogP contribution in [0.15, 0.2) is 36.5 Å². The van der Waals surface area contributed by atoms with Gasteiger partial charge in [0.15, 0.2) is 0 Å². The van der Waals surface area contributed by atoms with E-state index in [2.05, 4.69) is 43.5 Å². The Labute approximate surface area is 538 Å². The predicted octanol–water partition coefficient (Wildman–Crippen LogP) is 25.8. The molecule has 0 aromatic heterocycles. The van der Waals surface area contributed by atoms with E-state index in [9.17, 15) is 19.8 Å². The minimum Gasteiger partial charge on any atom is -0.466 e. The van der Waals surface area contributed by atoms with Crippen LogP contribution in [0.5, 0.6) is 0 Å². The summed E-state index contributed by atoms with van der Waals surface area (Å²) in [5, 5.41) is 23.3. The Morgan fingerprint density at radius 1 is 0.326 bits per heavy atom. The van der Waals surface area contributed by atoms with Crippen LogP contribution in [0.2, 0.25) is 0 Å². The van der Waals surface area contributed by atoms with Crippen molar-refractivity contribution in [3.05, 3.63) is 36.5 Å². The van der Waals surface area contributed by atoms with E-state index < -0.39 is 12.1 Å². The van der Waals surface area contributed by atoms with Crippen molar-refractivity contribution < 1.29 is 24.5 Å². The number of amides is 1. The summed E-state index contributed by atoms with van der Waals surface area (Å²) in [7, 11) is 0. The van der Waals surface area contributed by atoms with Gasteiger partial charge in [-0.3, -0.25) is 9.59 Å². The zero-order valence-corrected chi connectivity index (χ0v) is 58.3. The second-order valence-electron chi connectivity index (χ2n) is 27.0. The lowest BCUT2D eigenvalue weighted by molar-refractivity contribution is -0.143. The largest absolute Gasteiger partial charge is 0.466 e. The molecule has 1 amide bonds. The molecule has 0 aliphatic carbocycles. The average molecular weight is 1210 g/mol. The fourth-order valence-electron chi connectivity index (χ4n) is 12.4. The van der Waals surface area contributed by atoms with E-state index >= 15 is 0 Å². The van der Waals surface area contributed by atoms with Gasteiger partial charge >= 0.3 is 5.97 Å². The summed E-state index contributed by atoms with van der Waals surface area (Å²) in [5.41, 5.74) is 0. The number of nitrogens with one attached hydrogen (secondary N) is 1. The van der Waals surface area contributed by atoms with Crippen molar-refractivity contribution in [2.24, 2.45) is 0 Å². The number of esters is 1. The van der Waals surface area contributed by atoms with Gasteiger partial charge in [0, 0.05) is 12.8 Å². The highest BCUT2D eigenvalue weighted by Gasteiger charge is 2.18. The second-order valence-corrected chi connectivity index (χ2v) is 27.0. The maximum absolute atomic E-state index is 12.5. The maximum atomic E-state index is 12.5. The molecule has 0 saturated heterocycles. The van der Waals surface area contributed by atoms with Gasteiger partial charge in [-0.05, 0) is 64.2 Å². The van der Waals surface area contributed by atoms with Gasteiger partial charge in [-0.25, -0.2) is 0 Å². The third kappa shape index (κ3) is 71.2. The Morgan fingerprint density at radius 3 is 0.884 bits per heavy atom. The summed E-state index contributed by atoms with van der Waals surface area (Å²) in [6.07, 6.45) is 98.3. The van der Waals surface area contributed by atoms with Crippen molar-refractivity contribution in [2.45, 2.75) is 450 Å². The van der Waals surface area contributed by atoms with Crippen LogP contribution in [-0.2, 0) is 14.3 Å². The molecule has 0 aromatic carbocycles. The smallest absolute Gasteiger partial charge is 0.305 e. The molecule has 6 nitrogen and oxygen atoms in total. The van der Waals surface area contributed by atoms with Gasteiger partial charge in [0.1, 0.15) is 0 Å². The molecule has 0 aromatic rings. The number of carbonyl (C=O) groups excluding carboxylic acids is 2. The maximum Gasteiger partial charge on any atom is 0.305 e. The first-order chi connectivity index (χ1) is 42.5. The lowest BCUT2D eigenvalue weighted by atomic mass is 10.0. The van der Waals surface area contributed by atoms with Crippen molar-refractivity contribution in [3.8, 4) is 0 Å². The van der Waals surface area contributed by atoms with Crippen LogP contribution in [0.1, 0.15) is 438 Å². The molecule has 0 rings (SSSR count). The molecule has 6 heteroatoms. The van der Waals surface area contributed by atoms with E-state index in [0.29, 0.717) is 19.4 Å². The number of carbonyl (C=O) groups is 2. The van der Waals surface area contributed by atoms with Crippen molar-refractivity contribution in [3.63, 3.8) is 0 Å². The van der Waals surface area contributed by atoms with E-state index in [0.717, 1.165) is 44.9 Å². The van der Waals surface area contributed by atoms with Crippen LogP contribution in [-0.4, -0.2) is 47.4 Å². The van der Waals surface area contributed by atoms with E-state index in [-0.39, 0.29) is 18.5 Å². The topological polar surface area (TPSA) is 95.9 Å². The molecule has 3 N–H and O–H groups in total. The molecule has 0 aliphatic rings. The minimum absolute atomic E-state index is 0.0160. The monoisotopic (exact) mass is 1210 g/mol. The van der Waals surface area contributed by atoms with Crippen LogP contribution in [0, 0.1) is 0 Å². The SMILES string of the molecule is CCCCCCCCCCCCCCCCCCCCCCCC/C=C/C(O)C(CO)NC(=O)CCCCCCCCCCCCCCC/C=C\C/C=C\CCCCCCCCCCCOC(=O)CCCCCCCCCCCCCCCCCC. The molecule has 0 radical (unpaired) electrons. The Bertz CT molecular complexity index is 1390. The molecule has 2 unspecified atom stereocenters. The Hall–Kier alpha value is -1.92.